The molecular weight excluding hydrogens is 432 g/mol. The highest BCUT2D eigenvalue weighted by molar-refractivity contribution is 5.87. The number of carbonyl (C=O) groups excluding carboxylic acids is 2. The Morgan fingerprint density at radius 1 is 1.18 bits per heavy atom. The third kappa shape index (κ3) is 6.77. The fourth-order valence-corrected chi connectivity index (χ4v) is 3.72. The van der Waals surface area contributed by atoms with Crippen molar-refractivity contribution in [2.45, 2.75) is 32.5 Å². The Hall–Kier alpha value is -3.46. The molecule has 2 aromatic rings. The quantitative estimate of drug-likeness (QED) is 0.399. The molecule has 1 fully saturated rings. The number of benzene rings is 1. The molecule has 1 aliphatic heterocycles. The number of amides is 1. The Morgan fingerprint density at radius 3 is 2.50 bits per heavy atom. The summed E-state index contributed by atoms with van der Waals surface area (Å²) >= 11 is 0. The maximum atomic E-state index is 11.7. The van der Waals surface area contributed by atoms with Gasteiger partial charge in [0.15, 0.2) is 0 Å². The van der Waals surface area contributed by atoms with Crippen LogP contribution < -0.4 is 10.2 Å². The van der Waals surface area contributed by atoms with Crippen LogP contribution in [0, 0.1) is 0 Å². The van der Waals surface area contributed by atoms with Crippen molar-refractivity contribution in [3.63, 3.8) is 0 Å². The number of aromatic nitrogens is 2. The molecule has 0 aliphatic carbocycles. The van der Waals surface area contributed by atoms with Crippen LogP contribution >= 0.6 is 0 Å². The van der Waals surface area contributed by atoms with Crippen molar-refractivity contribution in [2.24, 2.45) is 0 Å². The summed E-state index contributed by atoms with van der Waals surface area (Å²) in [5.41, 5.74) is 1.97. The minimum atomic E-state index is -0.407. The van der Waals surface area contributed by atoms with Crippen molar-refractivity contribution in [3.8, 4) is 0 Å². The van der Waals surface area contributed by atoms with Gasteiger partial charge in [0.1, 0.15) is 12.4 Å². The molecule has 1 N–H and O–H groups in total. The van der Waals surface area contributed by atoms with Gasteiger partial charge in [0.2, 0.25) is 11.9 Å². The molecule has 0 radical (unpaired) electrons. The molecule has 1 aromatic carbocycles. The normalized spacial score (nSPS) is 14.4. The lowest BCUT2D eigenvalue weighted by Gasteiger charge is -2.35. The second-order valence-corrected chi connectivity index (χ2v) is 8.99. The minimum absolute atomic E-state index is 0.00768. The van der Waals surface area contributed by atoms with Crippen LogP contribution in [-0.2, 0) is 27.4 Å². The summed E-state index contributed by atoms with van der Waals surface area (Å²) in [5.74, 6) is 1.28. The number of carbonyl (C=O) groups is 2. The molecule has 3 rings (SSSR count). The fourth-order valence-electron chi connectivity index (χ4n) is 3.72. The van der Waals surface area contributed by atoms with Crippen molar-refractivity contribution < 1.29 is 14.3 Å². The highest BCUT2D eigenvalue weighted by Crippen LogP contribution is 2.21. The second kappa shape index (κ2) is 11.6. The van der Waals surface area contributed by atoms with Gasteiger partial charge in [-0.2, -0.15) is 4.98 Å². The Labute approximate surface area is 201 Å². The van der Waals surface area contributed by atoms with Crippen LogP contribution in [0.2, 0.25) is 0 Å². The van der Waals surface area contributed by atoms with Crippen LogP contribution in [0.4, 0.5) is 11.8 Å². The first-order valence-electron chi connectivity index (χ1n) is 11.4. The first-order valence-corrected chi connectivity index (χ1v) is 11.4. The lowest BCUT2D eigenvalue weighted by Crippen LogP contribution is -2.47. The van der Waals surface area contributed by atoms with Gasteiger partial charge in [-0.1, -0.05) is 30.8 Å². The summed E-state index contributed by atoms with van der Waals surface area (Å²) in [6.45, 7) is 12.9. The van der Waals surface area contributed by atoms with Gasteiger partial charge in [-0.25, -0.2) is 4.98 Å². The summed E-state index contributed by atoms with van der Waals surface area (Å²) in [5, 5.41) is 3.28. The van der Waals surface area contributed by atoms with Crippen molar-refractivity contribution in [1.82, 2.24) is 19.8 Å². The number of likely N-dealkylation sites (N-methyl/N-ethyl adjacent to an activating group) is 1. The predicted molar refractivity (Wildman–Crippen MR) is 132 cm³/mol. The van der Waals surface area contributed by atoms with Gasteiger partial charge >= 0.3 is 0 Å². The monoisotopic (exact) mass is 466 g/mol. The first kappa shape index (κ1) is 25.2. The zero-order valence-electron chi connectivity index (χ0n) is 20.2. The number of ether oxygens (including phenoxy) is 1. The van der Waals surface area contributed by atoms with E-state index in [0.29, 0.717) is 19.0 Å². The molecule has 2 heterocycles. The summed E-state index contributed by atoms with van der Waals surface area (Å²) in [7, 11) is 1.91. The van der Waals surface area contributed by atoms with E-state index in [1.54, 1.807) is 6.20 Å². The van der Waals surface area contributed by atoms with Crippen molar-refractivity contribution >= 4 is 24.1 Å². The number of nitrogens with zero attached hydrogens (tertiary/aromatic N) is 5. The van der Waals surface area contributed by atoms with E-state index in [1.807, 2.05) is 36.8 Å². The lowest BCUT2D eigenvalue weighted by atomic mass is 10.1. The van der Waals surface area contributed by atoms with E-state index in [1.165, 1.54) is 11.6 Å². The predicted octanol–water partition coefficient (Wildman–Crippen LogP) is 2.31. The molecule has 1 saturated heterocycles. The van der Waals surface area contributed by atoms with E-state index >= 15 is 0 Å². The van der Waals surface area contributed by atoms with E-state index in [2.05, 4.69) is 51.0 Å². The number of rotatable bonds is 11. The number of hydrogen-bond donors (Lipinski definition) is 1. The number of anilines is 2. The molecular formula is C25H34N6O3. The van der Waals surface area contributed by atoms with Crippen LogP contribution in [0.1, 0.15) is 25.0 Å². The molecule has 1 amide bonds. The molecule has 0 unspecified atom stereocenters. The largest absolute Gasteiger partial charge is 0.465 e. The molecule has 9 heteroatoms. The summed E-state index contributed by atoms with van der Waals surface area (Å²) in [4.78, 5) is 37.4. The smallest absolute Gasteiger partial charge is 0.293 e. The molecule has 1 aromatic heterocycles. The Morgan fingerprint density at radius 2 is 1.85 bits per heavy atom. The zero-order chi connectivity index (χ0) is 24.6. The van der Waals surface area contributed by atoms with Gasteiger partial charge in [0, 0.05) is 52.5 Å². The maximum absolute atomic E-state index is 11.7. The van der Waals surface area contributed by atoms with Crippen LogP contribution in [0.5, 0.6) is 0 Å². The van der Waals surface area contributed by atoms with E-state index in [0.717, 1.165) is 44.1 Å². The molecule has 0 saturated carbocycles. The molecule has 34 heavy (non-hydrogen) atoms. The second-order valence-electron chi connectivity index (χ2n) is 8.99. The van der Waals surface area contributed by atoms with E-state index in [9.17, 15) is 9.59 Å². The van der Waals surface area contributed by atoms with Gasteiger partial charge < -0.3 is 19.9 Å². The lowest BCUT2D eigenvalue weighted by molar-refractivity contribution is -0.130. The molecule has 0 bridgehead atoms. The molecule has 0 atom stereocenters. The summed E-state index contributed by atoms with van der Waals surface area (Å²) in [6, 6.07) is 10.3. The average Bonchev–Trinajstić information content (AvgIpc) is 2.86. The van der Waals surface area contributed by atoms with Gasteiger partial charge in [0.25, 0.3) is 6.47 Å². The highest BCUT2D eigenvalue weighted by atomic mass is 16.5. The molecule has 182 valence electrons. The number of hydrogen-bond acceptors (Lipinski definition) is 8. The molecule has 0 spiro atoms. The Balaban J connectivity index is 1.51. The minimum Gasteiger partial charge on any atom is -0.465 e. The van der Waals surface area contributed by atoms with E-state index < -0.39 is 5.54 Å². The highest BCUT2D eigenvalue weighted by Gasteiger charge is 2.26. The first-order chi connectivity index (χ1) is 16.3. The molecule has 9 nitrogen and oxygen atoms in total. The standard InChI is InChI=1S/C25H34N6O3/c1-5-23(33)31-14-12-30(13-15-31)17-21-8-6-20(7-9-21)16-27-24-26-11-10-22(28-24)29(4)25(2,3)18-34-19-32/h5-11,19H,1,12-18H2,2-4H3,(H,26,27,28). The van der Waals surface area contributed by atoms with Crippen LogP contribution in [0.15, 0.2) is 49.2 Å². The number of piperazine rings is 1. The van der Waals surface area contributed by atoms with Crippen LogP contribution in [-0.4, -0.2) is 77.5 Å². The van der Waals surface area contributed by atoms with Gasteiger partial charge in [-0.15, -0.1) is 0 Å². The van der Waals surface area contributed by atoms with Crippen LogP contribution in [0.3, 0.4) is 0 Å². The van der Waals surface area contributed by atoms with Crippen molar-refractivity contribution in [2.75, 3.05) is 50.1 Å². The maximum Gasteiger partial charge on any atom is 0.293 e. The zero-order valence-corrected chi connectivity index (χ0v) is 20.2. The van der Waals surface area contributed by atoms with Gasteiger partial charge in [-0.3, -0.25) is 14.5 Å². The number of nitrogens with one attached hydrogen (secondary N) is 1. The summed E-state index contributed by atoms with van der Waals surface area (Å²) in [6.07, 6.45) is 3.09. The SMILES string of the molecule is C=CC(=O)N1CCN(Cc2ccc(CNc3nccc(N(C)C(C)(C)COC=O)n3)cc2)CC1. The third-order valence-corrected chi connectivity index (χ3v) is 6.14. The Kier molecular flexibility index (Phi) is 8.59. The average molecular weight is 467 g/mol. The van der Waals surface area contributed by atoms with E-state index in [4.69, 9.17) is 4.74 Å². The topological polar surface area (TPSA) is 90.9 Å². The molecule has 1 aliphatic rings. The van der Waals surface area contributed by atoms with Gasteiger partial charge in [0.05, 0.1) is 5.54 Å². The van der Waals surface area contributed by atoms with Crippen molar-refractivity contribution in [1.29, 1.82) is 0 Å². The fraction of sp³-hybridized carbons (Fsp3) is 0.440. The van der Waals surface area contributed by atoms with Crippen molar-refractivity contribution in [3.05, 3.63) is 60.3 Å². The Bertz CT molecular complexity index is 971. The van der Waals surface area contributed by atoms with Gasteiger partial charge in [-0.05, 0) is 37.1 Å². The summed E-state index contributed by atoms with van der Waals surface area (Å²) < 4.78 is 4.95. The third-order valence-electron chi connectivity index (χ3n) is 6.14. The van der Waals surface area contributed by atoms with E-state index in [-0.39, 0.29) is 12.5 Å². The van der Waals surface area contributed by atoms with Crippen LogP contribution in [0.25, 0.3) is 0 Å².